The van der Waals surface area contributed by atoms with Crippen LogP contribution in [0.5, 0.6) is 5.75 Å². The van der Waals surface area contributed by atoms with Crippen molar-refractivity contribution in [2.75, 3.05) is 12.9 Å². The summed E-state index contributed by atoms with van der Waals surface area (Å²) in [6.07, 6.45) is 0. The number of carbonyl (C=O) groups is 1. The van der Waals surface area contributed by atoms with Crippen LogP contribution in [0.3, 0.4) is 0 Å². The highest BCUT2D eigenvalue weighted by atomic mass is 35.5. The van der Waals surface area contributed by atoms with E-state index in [2.05, 4.69) is 0 Å². The van der Waals surface area contributed by atoms with Crippen LogP contribution in [0.2, 0.25) is 0 Å². The van der Waals surface area contributed by atoms with E-state index >= 15 is 0 Å². The summed E-state index contributed by atoms with van der Waals surface area (Å²) in [6.45, 7) is 3.68. The van der Waals surface area contributed by atoms with Gasteiger partial charge in [0.1, 0.15) is 5.75 Å². The Morgan fingerprint density at radius 1 is 1.41 bits per heavy atom. The lowest BCUT2D eigenvalue weighted by atomic mass is 10.0. The topological polar surface area (TPSA) is 40.5 Å². The van der Waals surface area contributed by atoms with Gasteiger partial charge in [0.15, 0.2) is 0 Å². The number of amides is 1. The smallest absolute Gasteiger partial charge is 0.226 e. The van der Waals surface area contributed by atoms with Gasteiger partial charge in [0.2, 0.25) is 5.91 Å². The molecule has 4 heteroatoms. The van der Waals surface area contributed by atoms with Crippen LogP contribution < -0.4 is 0 Å². The molecule has 1 N–H and O–H groups in total. The van der Waals surface area contributed by atoms with Crippen LogP contribution in [0.4, 0.5) is 0 Å². The van der Waals surface area contributed by atoms with Gasteiger partial charge in [-0.2, -0.15) is 0 Å². The molecular formula is C13H18ClNO2. The van der Waals surface area contributed by atoms with Gasteiger partial charge in [0.25, 0.3) is 0 Å². The molecule has 0 saturated heterocycles. The number of aromatic hydroxyl groups is 1. The fraction of sp³-hybridized carbons (Fsp3) is 0.462. The molecule has 3 nitrogen and oxygen atoms in total. The van der Waals surface area contributed by atoms with Crippen molar-refractivity contribution >= 4 is 17.5 Å². The number of benzene rings is 1. The van der Waals surface area contributed by atoms with E-state index in [1.54, 1.807) is 31.0 Å². The number of para-hydroxylation sites is 1. The number of rotatable bonds is 4. The lowest BCUT2D eigenvalue weighted by molar-refractivity contribution is -0.134. The fourth-order valence-corrected chi connectivity index (χ4v) is 1.79. The van der Waals surface area contributed by atoms with Crippen molar-refractivity contribution in [3.05, 3.63) is 29.8 Å². The maximum Gasteiger partial charge on any atom is 0.226 e. The highest BCUT2D eigenvalue weighted by molar-refractivity contribution is 6.19. The van der Waals surface area contributed by atoms with Crippen molar-refractivity contribution in [2.45, 2.75) is 19.9 Å². The van der Waals surface area contributed by atoms with Crippen LogP contribution >= 0.6 is 11.6 Å². The van der Waals surface area contributed by atoms with Crippen LogP contribution in [0.1, 0.15) is 25.5 Å². The van der Waals surface area contributed by atoms with E-state index < -0.39 is 0 Å². The van der Waals surface area contributed by atoms with Gasteiger partial charge >= 0.3 is 0 Å². The third-order valence-electron chi connectivity index (χ3n) is 2.97. The van der Waals surface area contributed by atoms with Crippen molar-refractivity contribution in [2.24, 2.45) is 5.92 Å². The maximum atomic E-state index is 12.0. The minimum atomic E-state index is -0.213. The summed E-state index contributed by atoms with van der Waals surface area (Å²) in [4.78, 5) is 13.6. The lowest BCUT2D eigenvalue weighted by Crippen LogP contribution is -2.34. The molecule has 1 aromatic rings. The highest BCUT2D eigenvalue weighted by Gasteiger charge is 2.23. The Morgan fingerprint density at radius 3 is 2.53 bits per heavy atom. The molecule has 0 heterocycles. The summed E-state index contributed by atoms with van der Waals surface area (Å²) in [5, 5.41) is 9.74. The Labute approximate surface area is 107 Å². The van der Waals surface area contributed by atoms with Gasteiger partial charge in [-0.05, 0) is 13.0 Å². The molecule has 0 saturated carbocycles. The van der Waals surface area contributed by atoms with E-state index in [0.717, 1.165) is 5.56 Å². The number of nitrogens with zero attached hydrogens (tertiary/aromatic N) is 1. The van der Waals surface area contributed by atoms with Crippen LogP contribution in [-0.4, -0.2) is 28.8 Å². The van der Waals surface area contributed by atoms with Crippen molar-refractivity contribution in [3.63, 3.8) is 0 Å². The maximum absolute atomic E-state index is 12.0. The van der Waals surface area contributed by atoms with Gasteiger partial charge in [-0.25, -0.2) is 0 Å². The molecule has 0 aliphatic rings. The number of hydrogen-bond donors (Lipinski definition) is 1. The molecule has 0 fully saturated rings. The molecule has 0 bridgehead atoms. The molecule has 2 atom stereocenters. The molecule has 0 spiro atoms. The molecule has 1 amide bonds. The minimum Gasteiger partial charge on any atom is -0.508 e. The number of hydrogen-bond acceptors (Lipinski definition) is 2. The number of halogens is 1. The van der Waals surface area contributed by atoms with Crippen LogP contribution in [0.25, 0.3) is 0 Å². The molecule has 0 aliphatic heterocycles. The summed E-state index contributed by atoms with van der Waals surface area (Å²) < 4.78 is 0. The Kier molecular flexibility index (Phi) is 4.82. The first kappa shape index (κ1) is 13.8. The van der Waals surface area contributed by atoms with Gasteiger partial charge in [0.05, 0.1) is 6.04 Å². The van der Waals surface area contributed by atoms with E-state index in [-0.39, 0.29) is 23.6 Å². The zero-order valence-corrected chi connectivity index (χ0v) is 11.1. The first-order chi connectivity index (χ1) is 7.99. The van der Waals surface area contributed by atoms with Crippen LogP contribution in [0, 0.1) is 5.92 Å². The largest absolute Gasteiger partial charge is 0.508 e. The van der Waals surface area contributed by atoms with E-state index in [9.17, 15) is 9.90 Å². The van der Waals surface area contributed by atoms with E-state index in [1.807, 2.05) is 19.1 Å². The van der Waals surface area contributed by atoms with Gasteiger partial charge < -0.3 is 10.0 Å². The number of carbonyl (C=O) groups excluding carboxylic acids is 1. The van der Waals surface area contributed by atoms with Crippen molar-refractivity contribution in [3.8, 4) is 5.75 Å². The lowest BCUT2D eigenvalue weighted by Gasteiger charge is -2.27. The van der Waals surface area contributed by atoms with Gasteiger partial charge in [-0.15, -0.1) is 11.6 Å². The SMILES string of the molecule is CC(CCl)C(=O)N(C)C(C)c1ccccc1O. The summed E-state index contributed by atoms with van der Waals surface area (Å²) in [7, 11) is 1.72. The average molecular weight is 256 g/mol. The molecule has 2 unspecified atom stereocenters. The van der Waals surface area contributed by atoms with Crippen molar-refractivity contribution in [1.29, 1.82) is 0 Å². The zero-order chi connectivity index (χ0) is 13.0. The number of phenolic OH excluding ortho intramolecular Hbond substituents is 1. The molecular weight excluding hydrogens is 238 g/mol. The second kappa shape index (κ2) is 5.92. The average Bonchev–Trinajstić information content (AvgIpc) is 2.35. The van der Waals surface area contributed by atoms with Crippen molar-refractivity contribution < 1.29 is 9.90 Å². The van der Waals surface area contributed by atoms with Crippen LogP contribution in [0.15, 0.2) is 24.3 Å². The first-order valence-electron chi connectivity index (χ1n) is 5.59. The third-order valence-corrected chi connectivity index (χ3v) is 3.43. The molecule has 17 heavy (non-hydrogen) atoms. The molecule has 0 aromatic heterocycles. The monoisotopic (exact) mass is 255 g/mol. The number of phenols is 1. The third kappa shape index (κ3) is 3.13. The Balaban J connectivity index is 2.87. The van der Waals surface area contributed by atoms with Gasteiger partial charge in [-0.1, -0.05) is 25.1 Å². The summed E-state index contributed by atoms with van der Waals surface area (Å²) in [5.41, 5.74) is 0.741. The molecule has 94 valence electrons. The highest BCUT2D eigenvalue weighted by Crippen LogP contribution is 2.27. The standard InChI is InChI=1S/C13H18ClNO2/c1-9(8-14)13(17)15(3)10(2)11-6-4-5-7-12(11)16/h4-7,9-10,16H,8H2,1-3H3. The number of alkyl halides is 1. The molecule has 0 aliphatic carbocycles. The zero-order valence-electron chi connectivity index (χ0n) is 10.4. The van der Waals surface area contributed by atoms with Gasteiger partial charge in [0, 0.05) is 24.4 Å². The quantitative estimate of drug-likeness (QED) is 0.841. The Hall–Kier alpha value is -1.22. The molecule has 0 radical (unpaired) electrons. The van der Waals surface area contributed by atoms with Crippen LogP contribution in [-0.2, 0) is 4.79 Å². The van der Waals surface area contributed by atoms with Crippen molar-refractivity contribution in [1.82, 2.24) is 4.90 Å². The minimum absolute atomic E-state index is 0.0178. The second-order valence-corrected chi connectivity index (χ2v) is 4.55. The summed E-state index contributed by atoms with van der Waals surface area (Å²) in [6, 6.07) is 6.86. The fourth-order valence-electron chi connectivity index (χ4n) is 1.65. The molecule has 1 rings (SSSR count). The summed E-state index contributed by atoms with van der Waals surface area (Å²) in [5.74, 6) is 0.278. The predicted octanol–water partition coefficient (Wildman–Crippen LogP) is 2.79. The Bertz CT molecular complexity index is 395. The van der Waals surface area contributed by atoms with E-state index in [0.29, 0.717) is 5.88 Å². The predicted molar refractivity (Wildman–Crippen MR) is 69.2 cm³/mol. The molecule has 1 aromatic carbocycles. The normalized spacial score (nSPS) is 14.1. The summed E-state index contributed by atoms with van der Waals surface area (Å²) >= 11 is 5.68. The first-order valence-corrected chi connectivity index (χ1v) is 6.13. The Morgan fingerprint density at radius 2 is 2.00 bits per heavy atom. The second-order valence-electron chi connectivity index (χ2n) is 4.24. The van der Waals surface area contributed by atoms with E-state index in [4.69, 9.17) is 11.6 Å². The van der Waals surface area contributed by atoms with E-state index in [1.165, 1.54) is 0 Å². The van der Waals surface area contributed by atoms with Gasteiger partial charge in [-0.3, -0.25) is 4.79 Å².